The summed E-state index contributed by atoms with van der Waals surface area (Å²) in [5.74, 6) is 0.0386. The number of piperidine rings is 1. The van der Waals surface area contributed by atoms with Gasteiger partial charge in [0.1, 0.15) is 11.5 Å². The number of likely N-dealkylation sites (tertiary alicyclic amines) is 1. The SMILES string of the molecule is Cc1nonc1C(=O)N1CCCC[C@@H]1c1cc2n(n1)[C@@H](C(F)(F)F)C[C@@H](C(C)C)N2. The molecule has 3 atom stereocenters. The monoisotopic (exact) mass is 426 g/mol. The number of anilines is 1. The van der Waals surface area contributed by atoms with Gasteiger partial charge in [0.25, 0.3) is 5.91 Å². The van der Waals surface area contributed by atoms with Crippen LogP contribution in [0.15, 0.2) is 10.7 Å². The summed E-state index contributed by atoms with van der Waals surface area (Å²) in [6.07, 6.45) is -2.20. The molecule has 4 heterocycles. The predicted octanol–water partition coefficient (Wildman–Crippen LogP) is 3.89. The number of carbonyl (C=O) groups excluding carboxylic acids is 1. The van der Waals surface area contributed by atoms with Gasteiger partial charge in [-0.25, -0.2) is 9.31 Å². The van der Waals surface area contributed by atoms with Crippen molar-refractivity contribution in [2.24, 2.45) is 5.92 Å². The number of aromatic nitrogens is 4. The molecule has 11 heteroatoms. The maximum absolute atomic E-state index is 13.8. The highest BCUT2D eigenvalue weighted by Crippen LogP contribution is 2.42. The molecule has 0 aromatic carbocycles. The number of nitrogens with zero attached hydrogens (tertiary/aromatic N) is 5. The van der Waals surface area contributed by atoms with E-state index in [2.05, 4.69) is 25.4 Å². The Morgan fingerprint density at radius 3 is 2.70 bits per heavy atom. The van der Waals surface area contributed by atoms with Gasteiger partial charge in [-0.3, -0.25) is 4.79 Å². The first kappa shape index (κ1) is 20.7. The summed E-state index contributed by atoms with van der Waals surface area (Å²) in [6.45, 7) is 5.90. The van der Waals surface area contributed by atoms with Crippen molar-refractivity contribution in [3.05, 3.63) is 23.1 Å². The lowest BCUT2D eigenvalue weighted by Crippen LogP contribution is -2.41. The van der Waals surface area contributed by atoms with Gasteiger partial charge < -0.3 is 10.2 Å². The van der Waals surface area contributed by atoms with Crippen LogP contribution in [0.4, 0.5) is 19.0 Å². The van der Waals surface area contributed by atoms with Gasteiger partial charge in [0.05, 0.1) is 11.7 Å². The molecule has 2 aromatic heterocycles. The molecule has 1 saturated heterocycles. The quantitative estimate of drug-likeness (QED) is 0.801. The Morgan fingerprint density at radius 1 is 1.30 bits per heavy atom. The minimum Gasteiger partial charge on any atom is -0.367 e. The smallest absolute Gasteiger partial charge is 0.367 e. The number of hydrogen-bond acceptors (Lipinski definition) is 6. The maximum Gasteiger partial charge on any atom is 0.410 e. The second-order valence-electron chi connectivity index (χ2n) is 8.40. The highest BCUT2D eigenvalue weighted by Gasteiger charge is 2.47. The average Bonchev–Trinajstić information content (AvgIpc) is 3.31. The Morgan fingerprint density at radius 2 is 2.07 bits per heavy atom. The van der Waals surface area contributed by atoms with Crippen LogP contribution >= 0.6 is 0 Å². The third-order valence-electron chi connectivity index (χ3n) is 6.00. The summed E-state index contributed by atoms with van der Waals surface area (Å²) < 4.78 is 47.0. The van der Waals surface area contributed by atoms with E-state index in [0.29, 0.717) is 30.2 Å². The van der Waals surface area contributed by atoms with Gasteiger partial charge in [0, 0.05) is 18.7 Å². The zero-order valence-electron chi connectivity index (χ0n) is 17.1. The van der Waals surface area contributed by atoms with Crippen molar-refractivity contribution >= 4 is 11.7 Å². The van der Waals surface area contributed by atoms with Crippen molar-refractivity contribution < 1.29 is 22.6 Å². The highest BCUT2D eigenvalue weighted by atomic mass is 19.4. The lowest BCUT2D eigenvalue weighted by atomic mass is 9.94. The first-order valence-electron chi connectivity index (χ1n) is 10.2. The van der Waals surface area contributed by atoms with Crippen LogP contribution in [0.3, 0.4) is 0 Å². The molecule has 2 aliphatic rings. The van der Waals surface area contributed by atoms with Gasteiger partial charge >= 0.3 is 6.18 Å². The van der Waals surface area contributed by atoms with Crippen LogP contribution in [-0.4, -0.2) is 49.7 Å². The van der Waals surface area contributed by atoms with Crippen molar-refractivity contribution in [1.82, 2.24) is 25.0 Å². The molecule has 0 aliphatic carbocycles. The van der Waals surface area contributed by atoms with E-state index in [1.807, 2.05) is 13.8 Å². The van der Waals surface area contributed by atoms with E-state index in [4.69, 9.17) is 0 Å². The topological polar surface area (TPSA) is 89.1 Å². The molecule has 30 heavy (non-hydrogen) atoms. The lowest BCUT2D eigenvalue weighted by molar-refractivity contribution is -0.174. The summed E-state index contributed by atoms with van der Waals surface area (Å²) in [6, 6.07) is -0.767. The number of rotatable bonds is 3. The Labute approximate surface area is 171 Å². The van der Waals surface area contributed by atoms with Crippen LogP contribution in [0.5, 0.6) is 0 Å². The molecule has 0 unspecified atom stereocenters. The van der Waals surface area contributed by atoms with Crippen LogP contribution in [0.25, 0.3) is 0 Å². The number of halogens is 3. The number of nitrogens with one attached hydrogen (secondary N) is 1. The van der Waals surface area contributed by atoms with Gasteiger partial charge in [-0.1, -0.05) is 19.0 Å². The first-order valence-corrected chi connectivity index (χ1v) is 10.2. The van der Waals surface area contributed by atoms with E-state index in [-0.39, 0.29) is 30.0 Å². The van der Waals surface area contributed by atoms with Crippen LogP contribution in [0.1, 0.15) is 73.5 Å². The standard InChI is InChI=1S/C19H25F3N6O2/c1-10(2)12-8-15(19(20,21)22)28-16(23-12)9-13(24-28)14-6-4-5-7-27(14)18(29)17-11(3)25-30-26-17/h9-10,12,14-15,23H,4-8H2,1-3H3/t12-,14+,15+/m0/s1. The molecular formula is C19H25F3N6O2. The minimum atomic E-state index is -4.40. The molecule has 2 aliphatic heterocycles. The maximum atomic E-state index is 13.8. The Balaban J connectivity index is 1.68. The fraction of sp³-hybridized carbons (Fsp3) is 0.684. The Bertz CT molecular complexity index is 922. The molecule has 164 valence electrons. The third-order valence-corrected chi connectivity index (χ3v) is 6.00. The van der Waals surface area contributed by atoms with E-state index in [1.54, 1.807) is 17.9 Å². The van der Waals surface area contributed by atoms with E-state index in [0.717, 1.165) is 17.5 Å². The normalized spacial score (nSPS) is 24.6. The highest BCUT2D eigenvalue weighted by molar-refractivity contribution is 5.93. The van der Waals surface area contributed by atoms with E-state index < -0.39 is 18.3 Å². The fourth-order valence-corrected chi connectivity index (χ4v) is 4.27. The van der Waals surface area contributed by atoms with Crippen LogP contribution in [-0.2, 0) is 0 Å². The number of fused-ring (bicyclic) bond motifs is 1. The van der Waals surface area contributed by atoms with Crippen LogP contribution in [0, 0.1) is 12.8 Å². The van der Waals surface area contributed by atoms with Crippen molar-refractivity contribution in [3.8, 4) is 0 Å². The molecule has 8 nitrogen and oxygen atoms in total. The molecule has 2 aromatic rings. The number of amides is 1. The summed E-state index contributed by atoms with van der Waals surface area (Å²) in [5, 5.41) is 14.9. The minimum absolute atomic E-state index is 0.0392. The summed E-state index contributed by atoms with van der Waals surface area (Å²) in [4.78, 5) is 14.6. The summed E-state index contributed by atoms with van der Waals surface area (Å²) in [7, 11) is 0. The second-order valence-corrected chi connectivity index (χ2v) is 8.40. The number of hydrogen-bond donors (Lipinski definition) is 1. The first-order chi connectivity index (χ1) is 14.2. The summed E-state index contributed by atoms with van der Waals surface area (Å²) in [5.41, 5.74) is 0.961. The predicted molar refractivity (Wildman–Crippen MR) is 101 cm³/mol. The largest absolute Gasteiger partial charge is 0.410 e. The summed E-state index contributed by atoms with van der Waals surface area (Å²) >= 11 is 0. The lowest BCUT2D eigenvalue weighted by Gasteiger charge is -2.35. The van der Waals surface area contributed by atoms with Gasteiger partial charge in [-0.2, -0.15) is 18.3 Å². The number of carbonyl (C=O) groups is 1. The van der Waals surface area contributed by atoms with E-state index in [9.17, 15) is 18.0 Å². The second kappa shape index (κ2) is 7.59. The molecule has 1 fully saturated rings. The van der Waals surface area contributed by atoms with Gasteiger partial charge in [-0.15, -0.1) is 0 Å². The molecule has 1 N–H and O–H groups in total. The number of aryl methyl sites for hydroxylation is 1. The molecular weight excluding hydrogens is 401 g/mol. The molecule has 4 rings (SSSR count). The Hall–Kier alpha value is -2.59. The van der Waals surface area contributed by atoms with Crippen LogP contribution in [0.2, 0.25) is 0 Å². The van der Waals surface area contributed by atoms with E-state index in [1.165, 1.54) is 0 Å². The number of alkyl halides is 3. The molecule has 0 bridgehead atoms. The fourth-order valence-electron chi connectivity index (χ4n) is 4.27. The zero-order valence-corrected chi connectivity index (χ0v) is 17.1. The van der Waals surface area contributed by atoms with Crippen molar-refractivity contribution in [3.63, 3.8) is 0 Å². The molecule has 1 amide bonds. The van der Waals surface area contributed by atoms with Crippen molar-refractivity contribution in [1.29, 1.82) is 0 Å². The molecule has 0 spiro atoms. The van der Waals surface area contributed by atoms with Crippen LogP contribution < -0.4 is 5.32 Å². The molecule has 0 saturated carbocycles. The molecule has 0 radical (unpaired) electrons. The zero-order chi connectivity index (χ0) is 21.6. The average molecular weight is 426 g/mol. The van der Waals surface area contributed by atoms with Crippen molar-refractivity contribution in [2.75, 3.05) is 11.9 Å². The Kier molecular flexibility index (Phi) is 5.23. The third kappa shape index (κ3) is 3.65. The van der Waals surface area contributed by atoms with E-state index >= 15 is 0 Å². The van der Waals surface area contributed by atoms with Gasteiger partial charge in [0.15, 0.2) is 11.7 Å². The van der Waals surface area contributed by atoms with Crippen molar-refractivity contribution in [2.45, 2.75) is 70.8 Å². The van der Waals surface area contributed by atoms with Gasteiger partial charge in [0.2, 0.25) is 0 Å². The van der Waals surface area contributed by atoms with Gasteiger partial charge in [-0.05, 0) is 43.7 Å².